The van der Waals surface area contributed by atoms with E-state index in [-0.39, 0.29) is 18.8 Å². The normalized spacial score (nSPS) is 38.4. The summed E-state index contributed by atoms with van der Waals surface area (Å²) in [7, 11) is 0. The van der Waals surface area contributed by atoms with E-state index in [1.165, 1.54) is 12.8 Å². The van der Waals surface area contributed by atoms with Crippen molar-refractivity contribution < 1.29 is 9.84 Å². The van der Waals surface area contributed by atoms with E-state index in [0.29, 0.717) is 6.04 Å². The largest absolute Gasteiger partial charge is 0.394 e. The first-order valence-corrected chi connectivity index (χ1v) is 6.00. The molecule has 2 fully saturated rings. The molecule has 2 aliphatic rings. The molecule has 2 heterocycles. The summed E-state index contributed by atoms with van der Waals surface area (Å²) in [6.07, 6.45) is 2.84. The van der Waals surface area contributed by atoms with Crippen LogP contribution in [0, 0.1) is 0 Å². The fourth-order valence-corrected chi connectivity index (χ4v) is 2.61. The molecule has 3 atom stereocenters. The SMILES string of the molecule is CC1CN(CC2CCCN2)CC(CO)O1. The minimum Gasteiger partial charge on any atom is -0.394 e. The molecule has 0 radical (unpaired) electrons. The molecule has 4 nitrogen and oxygen atoms in total. The molecule has 0 spiro atoms. The van der Waals surface area contributed by atoms with E-state index < -0.39 is 0 Å². The standard InChI is InChI=1S/C11H22N2O2/c1-9-5-13(7-11(8-14)15-9)6-10-3-2-4-12-10/h9-12,14H,2-8H2,1H3. The lowest BCUT2D eigenvalue weighted by Gasteiger charge is -2.37. The van der Waals surface area contributed by atoms with Gasteiger partial charge in [-0.2, -0.15) is 0 Å². The predicted molar refractivity (Wildman–Crippen MR) is 58.9 cm³/mol. The third-order valence-electron chi connectivity index (χ3n) is 3.25. The van der Waals surface area contributed by atoms with Gasteiger partial charge in [0.15, 0.2) is 0 Å². The maximum absolute atomic E-state index is 9.12. The first-order chi connectivity index (χ1) is 7.28. The Morgan fingerprint density at radius 1 is 1.47 bits per heavy atom. The van der Waals surface area contributed by atoms with Gasteiger partial charge in [0.2, 0.25) is 0 Å². The van der Waals surface area contributed by atoms with Crippen molar-refractivity contribution in [3.63, 3.8) is 0 Å². The van der Waals surface area contributed by atoms with Gasteiger partial charge < -0.3 is 15.2 Å². The number of hydrogen-bond acceptors (Lipinski definition) is 4. The second-order valence-corrected chi connectivity index (χ2v) is 4.76. The van der Waals surface area contributed by atoms with Crippen LogP contribution < -0.4 is 5.32 Å². The van der Waals surface area contributed by atoms with Gasteiger partial charge in [-0.05, 0) is 26.3 Å². The fourth-order valence-electron chi connectivity index (χ4n) is 2.61. The van der Waals surface area contributed by atoms with Gasteiger partial charge in [-0.25, -0.2) is 0 Å². The Kier molecular flexibility index (Phi) is 3.97. The molecule has 3 unspecified atom stereocenters. The number of rotatable bonds is 3. The van der Waals surface area contributed by atoms with Crippen molar-refractivity contribution in [3.05, 3.63) is 0 Å². The smallest absolute Gasteiger partial charge is 0.0936 e. The minimum atomic E-state index is 0.00940. The molecule has 0 aromatic carbocycles. The Balaban J connectivity index is 1.80. The van der Waals surface area contributed by atoms with Gasteiger partial charge in [-0.15, -0.1) is 0 Å². The second kappa shape index (κ2) is 5.25. The van der Waals surface area contributed by atoms with Crippen molar-refractivity contribution in [2.24, 2.45) is 0 Å². The molecule has 15 heavy (non-hydrogen) atoms. The van der Waals surface area contributed by atoms with E-state index in [9.17, 15) is 0 Å². The summed E-state index contributed by atoms with van der Waals surface area (Å²) in [5.41, 5.74) is 0. The van der Waals surface area contributed by atoms with Crippen molar-refractivity contribution in [2.75, 3.05) is 32.8 Å². The van der Waals surface area contributed by atoms with Gasteiger partial charge in [-0.3, -0.25) is 4.90 Å². The monoisotopic (exact) mass is 214 g/mol. The van der Waals surface area contributed by atoms with Crippen molar-refractivity contribution in [2.45, 2.75) is 38.0 Å². The lowest BCUT2D eigenvalue weighted by Crippen LogP contribution is -2.51. The first-order valence-electron chi connectivity index (χ1n) is 6.00. The Labute approximate surface area is 91.6 Å². The van der Waals surface area contributed by atoms with Crippen LogP contribution in [0.3, 0.4) is 0 Å². The van der Waals surface area contributed by atoms with Crippen LogP contribution in [0.15, 0.2) is 0 Å². The van der Waals surface area contributed by atoms with Gasteiger partial charge in [0, 0.05) is 25.7 Å². The zero-order valence-corrected chi connectivity index (χ0v) is 9.48. The summed E-state index contributed by atoms with van der Waals surface area (Å²) in [6.45, 7) is 6.35. The maximum atomic E-state index is 9.12. The number of nitrogens with one attached hydrogen (secondary N) is 1. The van der Waals surface area contributed by atoms with E-state index in [0.717, 1.165) is 26.2 Å². The van der Waals surface area contributed by atoms with Crippen LogP contribution >= 0.6 is 0 Å². The molecule has 2 N–H and O–H groups in total. The highest BCUT2D eigenvalue weighted by Crippen LogP contribution is 2.13. The number of aliphatic hydroxyl groups excluding tert-OH is 1. The molecule has 0 aromatic heterocycles. The molecule has 2 saturated heterocycles. The van der Waals surface area contributed by atoms with Crippen molar-refractivity contribution in [1.29, 1.82) is 0 Å². The number of morpholine rings is 1. The van der Waals surface area contributed by atoms with Crippen LogP contribution in [0.2, 0.25) is 0 Å². The molecule has 0 bridgehead atoms. The highest BCUT2D eigenvalue weighted by Gasteiger charge is 2.27. The third-order valence-corrected chi connectivity index (χ3v) is 3.25. The Morgan fingerprint density at radius 2 is 2.33 bits per heavy atom. The lowest BCUT2D eigenvalue weighted by atomic mass is 10.1. The highest BCUT2D eigenvalue weighted by molar-refractivity contribution is 4.82. The molecule has 0 aliphatic carbocycles. The molecule has 0 amide bonds. The molecule has 0 saturated carbocycles. The van der Waals surface area contributed by atoms with Crippen molar-refractivity contribution >= 4 is 0 Å². The summed E-state index contributed by atoms with van der Waals surface area (Å²) < 4.78 is 5.62. The average molecular weight is 214 g/mol. The highest BCUT2D eigenvalue weighted by atomic mass is 16.5. The average Bonchev–Trinajstić information content (AvgIpc) is 2.69. The zero-order valence-electron chi connectivity index (χ0n) is 9.48. The first kappa shape index (κ1) is 11.3. The van der Waals surface area contributed by atoms with Crippen LogP contribution in [-0.2, 0) is 4.74 Å². The zero-order chi connectivity index (χ0) is 10.7. The molecule has 2 aliphatic heterocycles. The third kappa shape index (κ3) is 3.14. The molecular formula is C11H22N2O2. The van der Waals surface area contributed by atoms with E-state index in [2.05, 4.69) is 17.1 Å². The summed E-state index contributed by atoms with van der Waals surface area (Å²) in [4.78, 5) is 2.41. The molecule has 0 aromatic rings. The van der Waals surface area contributed by atoms with Crippen LogP contribution in [0.4, 0.5) is 0 Å². The van der Waals surface area contributed by atoms with E-state index in [1.807, 2.05) is 0 Å². The summed E-state index contributed by atoms with van der Waals surface area (Å²) in [6, 6.07) is 0.648. The van der Waals surface area contributed by atoms with Gasteiger partial charge in [0.05, 0.1) is 18.8 Å². The molecule has 2 rings (SSSR count). The number of aliphatic hydroxyl groups is 1. The fraction of sp³-hybridized carbons (Fsp3) is 1.00. The topological polar surface area (TPSA) is 44.7 Å². The lowest BCUT2D eigenvalue weighted by molar-refractivity contribution is -0.0962. The van der Waals surface area contributed by atoms with Gasteiger partial charge >= 0.3 is 0 Å². The van der Waals surface area contributed by atoms with Gasteiger partial charge in [0.25, 0.3) is 0 Å². The van der Waals surface area contributed by atoms with Crippen LogP contribution in [0.25, 0.3) is 0 Å². The van der Waals surface area contributed by atoms with E-state index in [4.69, 9.17) is 9.84 Å². The maximum Gasteiger partial charge on any atom is 0.0936 e. The summed E-state index contributed by atoms with van der Waals surface area (Å²) >= 11 is 0. The quantitative estimate of drug-likeness (QED) is 0.684. The van der Waals surface area contributed by atoms with E-state index >= 15 is 0 Å². The Bertz CT molecular complexity index is 195. The van der Waals surface area contributed by atoms with Crippen molar-refractivity contribution in [1.82, 2.24) is 10.2 Å². The minimum absolute atomic E-state index is 0.00940. The second-order valence-electron chi connectivity index (χ2n) is 4.76. The summed E-state index contributed by atoms with van der Waals surface area (Å²) in [5.74, 6) is 0. The molecule has 4 heteroatoms. The Hall–Kier alpha value is -0.160. The van der Waals surface area contributed by atoms with Gasteiger partial charge in [-0.1, -0.05) is 0 Å². The number of hydrogen-bond donors (Lipinski definition) is 2. The number of ether oxygens (including phenoxy) is 1. The Morgan fingerprint density at radius 3 is 3.00 bits per heavy atom. The predicted octanol–water partition coefficient (Wildman–Crippen LogP) is -0.180. The number of nitrogens with zero attached hydrogens (tertiary/aromatic N) is 1. The van der Waals surface area contributed by atoms with Gasteiger partial charge in [0.1, 0.15) is 0 Å². The van der Waals surface area contributed by atoms with Crippen LogP contribution in [-0.4, -0.2) is 61.0 Å². The summed E-state index contributed by atoms with van der Waals surface area (Å²) in [5, 5.41) is 12.6. The van der Waals surface area contributed by atoms with Crippen LogP contribution in [0.5, 0.6) is 0 Å². The van der Waals surface area contributed by atoms with Crippen molar-refractivity contribution in [3.8, 4) is 0 Å². The van der Waals surface area contributed by atoms with Crippen LogP contribution in [0.1, 0.15) is 19.8 Å². The van der Waals surface area contributed by atoms with E-state index in [1.54, 1.807) is 0 Å². The molecule has 88 valence electrons. The molecular weight excluding hydrogens is 192 g/mol.